The van der Waals surface area contributed by atoms with Crippen molar-refractivity contribution in [3.8, 4) is 5.75 Å². The highest BCUT2D eigenvalue weighted by Crippen LogP contribution is 2.28. The van der Waals surface area contributed by atoms with Gasteiger partial charge >= 0.3 is 0 Å². The Balaban J connectivity index is 2.24. The zero-order chi connectivity index (χ0) is 19.5. The molecular formula is C16H24N2O6S2. The summed E-state index contributed by atoms with van der Waals surface area (Å²) in [5.74, 6) is -0.304. The number of sulfone groups is 2. The molecule has 1 fully saturated rings. The van der Waals surface area contributed by atoms with Gasteiger partial charge < -0.3 is 15.4 Å². The van der Waals surface area contributed by atoms with Gasteiger partial charge in [0, 0.05) is 26.1 Å². The number of carbonyl (C=O) groups is 1. The van der Waals surface area contributed by atoms with Crippen LogP contribution >= 0.6 is 0 Å². The van der Waals surface area contributed by atoms with Gasteiger partial charge in [0.25, 0.3) is 0 Å². The van der Waals surface area contributed by atoms with Gasteiger partial charge in [-0.25, -0.2) is 16.8 Å². The zero-order valence-electron chi connectivity index (χ0n) is 15.0. The predicted molar refractivity (Wildman–Crippen MR) is 97.8 cm³/mol. The van der Waals surface area contributed by atoms with Crippen molar-refractivity contribution in [3.05, 3.63) is 23.8 Å². The lowest BCUT2D eigenvalue weighted by Crippen LogP contribution is -2.45. The molecular weight excluding hydrogens is 380 g/mol. The van der Waals surface area contributed by atoms with E-state index in [2.05, 4.69) is 10.6 Å². The summed E-state index contributed by atoms with van der Waals surface area (Å²) in [6.45, 7) is 3.68. The number of hydrogen-bond donors (Lipinski definition) is 2. The molecule has 1 heterocycles. The second kappa shape index (κ2) is 7.93. The minimum absolute atomic E-state index is 0.0755. The Morgan fingerprint density at radius 3 is 2.54 bits per heavy atom. The second-order valence-corrected chi connectivity index (χ2v) is 10.7. The zero-order valence-corrected chi connectivity index (χ0v) is 16.6. The second-order valence-electron chi connectivity index (χ2n) is 6.34. The molecule has 2 atom stereocenters. The SMILES string of the molecule is COc1ccc(S(=O)(=O)[C@H]2CS(=O)(=O)C[C@@H]2NCCNC(C)=O)cc1C. The third-order valence-electron chi connectivity index (χ3n) is 4.30. The van der Waals surface area contributed by atoms with E-state index in [1.165, 1.54) is 26.2 Å². The van der Waals surface area contributed by atoms with Crippen molar-refractivity contribution in [1.82, 2.24) is 10.6 Å². The Labute approximate surface area is 154 Å². The molecule has 1 aliphatic heterocycles. The molecule has 26 heavy (non-hydrogen) atoms. The van der Waals surface area contributed by atoms with Crippen molar-refractivity contribution in [3.63, 3.8) is 0 Å². The third-order valence-corrected chi connectivity index (χ3v) is 8.45. The van der Waals surface area contributed by atoms with Crippen LogP contribution in [0, 0.1) is 6.92 Å². The van der Waals surface area contributed by atoms with E-state index in [1.54, 1.807) is 13.0 Å². The molecule has 1 amide bonds. The highest BCUT2D eigenvalue weighted by atomic mass is 32.2. The fraction of sp³-hybridized carbons (Fsp3) is 0.562. The molecule has 0 radical (unpaired) electrons. The molecule has 146 valence electrons. The van der Waals surface area contributed by atoms with Crippen molar-refractivity contribution in [2.24, 2.45) is 0 Å². The highest BCUT2D eigenvalue weighted by molar-refractivity contribution is 7.96. The normalized spacial score (nSPS) is 22.1. The van der Waals surface area contributed by atoms with Gasteiger partial charge in [-0.3, -0.25) is 4.79 Å². The van der Waals surface area contributed by atoms with Gasteiger partial charge in [0.05, 0.1) is 28.8 Å². The van der Waals surface area contributed by atoms with Gasteiger partial charge in [0.2, 0.25) is 5.91 Å². The number of rotatable bonds is 7. The maximum atomic E-state index is 13.0. The first-order chi connectivity index (χ1) is 12.1. The van der Waals surface area contributed by atoms with E-state index < -0.39 is 36.7 Å². The van der Waals surface area contributed by atoms with Crippen molar-refractivity contribution in [1.29, 1.82) is 0 Å². The van der Waals surface area contributed by atoms with Crippen LogP contribution in [0.25, 0.3) is 0 Å². The summed E-state index contributed by atoms with van der Waals surface area (Å²) in [6.07, 6.45) is 0. The summed E-state index contributed by atoms with van der Waals surface area (Å²) in [5, 5.41) is 4.47. The summed E-state index contributed by atoms with van der Waals surface area (Å²) >= 11 is 0. The van der Waals surface area contributed by atoms with Crippen LogP contribution in [-0.4, -0.2) is 65.7 Å². The summed E-state index contributed by atoms with van der Waals surface area (Å²) in [5.41, 5.74) is 0.657. The number of hydrogen-bond acceptors (Lipinski definition) is 7. The van der Waals surface area contributed by atoms with Gasteiger partial charge in [-0.2, -0.15) is 0 Å². The van der Waals surface area contributed by atoms with E-state index in [9.17, 15) is 21.6 Å². The Bertz CT molecular complexity index is 880. The number of amides is 1. The van der Waals surface area contributed by atoms with Crippen LogP contribution < -0.4 is 15.4 Å². The van der Waals surface area contributed by atoms with Crippen LogP contribution in [0.15, 0.2) is 23.1 Å². The molecule has 10 heteroatoms. The fourth-order valence-corrected chi connectivity index (χ4v) is 7.81. The van der Waals surface area contributed by atoms with E-state index in [4.69, 9.17) is 4.74 Å². The quantitative estimate of drug-likeness (QED) is 0.597. The number of aryl methyl sites for hydroxylation is 1. The van der Waals surface area contributed by atoms with Crippen LogP contribution in [0.1, 0.15) is 12.5 Å². The average Bonchev–Trinajstić information content (AvgIpc) is 2.87. The number of nitrogens with one attached hydrogen (secondary N) is 2. The van der Waals surface area contributed by atoms with Gasteiger partial charge in [-0.05, 0) is 30.7 Å². The van der Waals surface area contributed by atoms with E-state index in [1.807, 2.05) is 0 Å². The summed E-state index contributed by atoms with van der Waals surface area (Å²) < 4.78 is 55.2. The molecule has 1 aliphatic rings. The minimum Gasteiger partial charge on any atom is -0.496 e. The van der Waals surface area contributed by atoms with Gasteiger partial charge in [-0.15, -0.1) is 0 Å². The molecule has 0 aromatic heterocycles. The standard InChI is InChI=1S/C16H24N2O6S2/c1-11-8-13(4-5-15(11)24-3)26(22,23)16-10-25(20,21)9-14(16)18-7-6-17-12(2)19/h4-5,8,14,16,18H,6-7,9-10H2,1-3H3,(H,17,19)/t14-,16-/m0/s1. The Hall–Kier alpha value is -1.65. The first-order valence-electron chi connectivity index (χ1n) is 8.13. The predicted octanol–water partition coefficient (Wildman–Crippen LogP) is -0.331. The van der Waals surface area contributed by atoms with E-state index >= 15 is 0 Å². The minimum atomic E-state index is -3.84. The topological polar surface area (TPSA) is 119 Å². The van der Waals surface area contributed by atoms with Crippen LogP contribution in [0.4, 0.5) is 0 Å². The lowest BCUT2D eigenvalue weighted by atomic mass is 10.2. The van der Waals surface area contributed by atoms with Crippen molar-refractivity contribution >= 4 is 25.6 Å². The van der Waals surface area contributed by atoms with Gasteiger partial charge in [-0.1, -0.05) is 0 Å². The van der Waals surface area contributed by atoms with E-state index in [-0.39, 0.29) is 23.1 Å². The number of methoxy groups -OCH3 is 1. The fourth-order valence-electron chi connectivity index (χ4n) is 3.01. The molecule has 0 saturated carbocycles. The van der Waals surface area contributed by atoms with Crippen LogP contribution in [0.5, 0.6) is 5.75 Å². The largest absolute Gasteiger partial charge is 0.496 e. The molecule has 1 saturated heterocycles. The molecule has 8 nitrogen and oxygen atoms in total. The third kappa shape index (κ3) is 4.74. The maximum absolute atomic E-state index is 13.0. The molecule has 0 spiro atoms. The van der Waals surface area contributed by atoms with Crippen molar-refractivity contribution < 1.29 is 26.4 Å². The Morgan fingerprint density at radius 1 is 1.27 bits per heavy atom. The van der Waals surface area contributed by atoms with Crippen LogP contribution in [0.3, 0.4) is 0 Å². The lowest BCUT2D eigenvalue weighted by Gasteiger charge is -2.20. The summed E-state index contributed by atoms with van der Waals surface area (Å²) in [4.78, 5) is 11.0. The number of benzene rings is 1. The first kappa shape index (κ1) is 20.7. The number of ether oxygens (including phenoxy) is 1. The van der Waals surface area contributed by atoms with Gasteiger partial charge in [0.1, 0.15) is 5.75 Å². The molecule has 1 aromatic carbocycles. The van der Waals surface area contributed by atoms with E-state index in [0.29, 0.717) is 17.9 Å². The Kier molecular flexibility index (Phi) is 6.30. The van der Waals surface area contributed by atoms with Crippen LogP contribution in [0.2, 0.25) is 0 Å². The average molecular weight is 405 g/mol. The molecule has 1 aromatic rings. The molecule has 0 aliphatic carbocycles. The molecule has 2 rings (SSSR count). The highest BCUT2D eigenvalue weighted by Gasteiger charge is 2.45. The first-order valence-corrected chi connectivity index (χ1v) is 11.5. The van der Waals surface area contributed by atoms with Crippen molar-refractivity contribution in [2.45, 2.75) is 30.0 Å². The number of carbonyl (C=O) groups excluding carboxylic acids is 1. The lowest BCUT2D eigenvalue weighted by molar-refractivity contribution is -0.118. The molecule has 0 unspecified atom stereocenters. The molecule has 0 bridgehead atoms. The molecule has 2 N–H and O–H groups in total. The van der Waals surface area contributed by atoms with E-state index in [0.717, 1.165) is 0 Å². The van der Waals surface area contributed by atoms with Crippen molar-refractivity contribution in [2.75, 3.05) is 31.7 Å². The summed E-state index contributed by atoms with van der Waals surface area (Å²) in [7, 11) is -5.82. The Morgan fingerprint density at radius 2 is 1.96 bits per heavy atom. The smallest absolute Gasteiger partial charge is 0.216 e. The monoisotopic (exact) mass is 404 g/mol. The van der Waals surface area contributed by atoms with Crippen LogP contribution in [-0.2, 0) is 24.5 Å². The van der Waals surface area contributed by atoms with Gasteiger partial charge in [0.15, 0.2) is 19.7 Å². The summed E-state index contributed by atoms with van der Waals surface area (Å²) in [6, 6.07) is 3.76. The maximum Gasteiger partial charge on any atom is 0.216 e.